The van der Waals surface area contributed by atoms with Crippen molar-refractivity contribution >= 4 is 5.69 Å². The van der Waals surface area contributed by atoms with E-state index in [0.717, 1.165) is 36.5 Å². The average molecular weight is 291 g/mol. The van der Waals surface area contributed by atoms with Gasteiger partial charge in [0.2, 0.25) is 5.89 Å². The first-order valence-electron chi connectivity index (χ1n) is 7.50. The summed E-state index contributed by atoms with van der Waals surface area (Å²) in [6, 6.07) is 12.5. The molecule has 0 unspecified atom stereocenters. The highest BCUT2D eigenvalue weighted by Gasteiger charge is 2.23. The first-order valence-corrected chi connectivity index (χ1v) is 7.50. The lowest BCUT2D eigenvalue weighted by Gasteiger charge is -2.27. The largest absolute Gasteiger partial charge is 0.439 e. The van der Waals surface area contributed by atoms with Gasteiger partial charge in [0, 0.05) is 31.0 Å². The zero-order valence-electron chi connectivity index (χ0n) is 12.5. The van der Waals surface area contributed by atoms with Crippen molar-refractivity contribution in [3.05, 3.63) is 65.8 Å². The molecule has 4 rings (SSSR count). The number of aryl methyl sites for hydroxylation is 1. The Labute approximate surface area is 129 Å². The third-order valence-corrected chi connectivity index (χ3v) is 4.01. The Morgan fingerprint density at radius 3 is 2.95 bits per heavy atom. The number of benzene rings is 1. The zero-order chi connectivity index (χ0) is 14.9. The molecule has 0 amide bonds. The fourth-order valence-electron chi connectivity index (χ4n) is 2.85. The van der Waals surface area contributed by atoms with Crippen molar-refractivity contribution in [3.63, 3.8) is 0 Å². The van der Waals surface area contributed by atoms with Gasteiger partial charge in [0.1, 0.15) is 5.76 Å². The van der Waals surface area contributed by atoms with Crippen LogP contribution in [0, 0.1) is 6.92 Å². The topological polar surface area (TPSA) is 42.2 Å². The lowest BCUT2D eigenvalue weighted by Crippen LogP contribution is -2.29. The summed E-state index contributed by atoms with van der Waals surface area (Å²) in [4.78, 5) is 11.1. The Morgan fingerprint density at radius 1 is 1.18 bits per heavy atom. The maximum Gasteiger partial charge on any atom is 0.228 e. The molecule has 4 heteroatoms. The molecule has 3 heterocycles. The second-order valence-corrected chi connectivity index (χ2v) is 5.64. The molecule has 3 aromatic rings. The van der Waals surface area contributed by atoms with E-state index in [2.05, 4.69) is 46.1 Å². The van der Waals surface area contributed by atoms with E-state index in [0.29, 0.717) is 5.89 Å². The molecule has 0 N–H and O–H groups in total. The van der Waals surface area contributed by atoms with Crippen molar-refractivity contribution in [2.24, 2.45) is 0 Å². The number of anilines is 1. The van der Waals surface area contributed by atoms with Gasteiger partial charge in [-0.25, -0.2) is 4.98 Å². The molecule has 1 aliphatic heterocycles. The van der Waals surface area contributed by atoms with Gasteiger partial charge in [-0.2, -0.15) is 0 Å². The monoisotopic (exact) mass is 291 g/mol. The molecule has 110 valence electrons. The standard InChI is InChI=1S/C18H17N3O/c1-13-4-2-6-15(10-13)21-9-7-16-17(12-21)22-18(20-16)14-5-3-8-19-11-14/h2-6,8,10-11H,7,9,12H2,1H3. The molecule has 0 aliphatic carbocycles. The average Bonchev–Trinajstić information content (AvgIpc) is 2.99. The first-order chi connectivity index (χ1) is 10.8. The second kappa shape index (κ2) is 5.30. The molecule has 0 spiro atoms. The SMILES string of the molecule is Cc1cccc(N2CCc3nc(-c4cccnc4)oc3C2)c1. The molecule has 0 fully saturated rings. The van der Waals surface area contributed by atoms with Gasteiger partial charge in [-0.1, -0.05) is 12.1 Å². The number of aromatic nitrogens is 2. The van der Waals surface area contributed by atoms with Gasteiger partial charge in [-0.05, 0) is 36.8 Å². The van der Waals surface area contributed by atoms with E-state index in [1.165, 1.54) is 11.3 Å². The van der Waals surface area contributed by atoms with Crippen LogP contribution in [-0.2, 0) is 13.0 Å². The van der Waals surface area contributed by atoms with Gasteiger partial charge in [-0.3, -0.25) is 4.98 Å². The van der Waals surface area contributed by atoms with Crippen LogP contribution >= 0.6 is 0 Å². The normalized spacial score (nSPS) is 14.0. The quantitative estimate of drug-likeness (QED) is 0.723. The molecule has 1 aromatic carbocycles. The number of nitrogens with zero attached hydrogens (tertiary/aromatic N) is 3. The zero-order valence-corrected chi connectivity index (χ0v) is 12.5. The Hall–Kier alpha value is -2.62. The van der Waals surface area contributed by atoms with E-state index < -0.39 is 0 Å². The van der Waals surface area contributed by atoms with Gasteiger partial charge in [0.25, 0.3) is 0 Å². The van der Waals surface area contributed by atoms with E-state index in [1.54, 1.807) is 12.4 Å². The Bertz CT molecular complexity index is 795. The Kier molecular flexibility index (Phi) is 3.15. The van der Waals surface area contributed by atoms with Gasteiger partial charge in [-0.15, -0.1) is 0 Å². The van der Waals surface area contributed by atoms with Crippen LogP contribution in [0.15, 0.2) is 53.2 Å². The molecule has 1 aliphatic rings. The summed E-state index contributed by atoms with van der Waals surface area (Å²) in [6.45, 7) is 3.86. The fourth-order valence-corrected chi connectivity index (χ4v) is 2.85. The highest BCUT2D eigenvalue weighted by atomic mass is 16.4. The Balaban J connectivity index is 1.63. The number of rotatable bonds is 2. The first kappa shape index (κ1) is 13.1. The Morgan fingerprint density at radius 2 is 2.14 bits per heavy atom. The van der Waals surface area contributed by atoms with Crippen molar-refractivity contribution in [2.75, 3.05) is 11.4 Å². The van der Waals surface area contributed by atoms with Crippen molar-refractivity contribution in [3.8, 4) is 11.5 Å². The number of hydrogen-bond acceptors (Lipinski definition) is 4. The van der Waals surface area contributed by atoms with Crippen molar-refractivity contribution in [2.45, 2.75) is 19.9 Å². The highest BCUT2D eigenvalue weighted by molar-refractivity contribution is 5.53. The van der Waals surface area contributed by atoms with Crippen LogP contribution in [0.3, 0.4) is 0 Å². The fraction of sp³-hybridized carbons (Fsp3) is 0.222. The lowest BCUT2D eigenvalue weighted by atomic mass is 10.1. The third-order valence-electron chi connectivity index (χ3n) is 4.01. The molecule has 0 saturated heterocycles. The van der Waals surface area contributed by atoms with Crippen LogP contribution < -0.4 is 4.90 Å². The molecular formula is C18H17N3O. The molecule has 4 nitrogen and oxygen atoms in total. The van der Waals surface area contributed by atoms with E-state index in [-0.39, 0.29) is 0 Å². The molecule has 22 heavy (non-hydrogen) atoms. The van der Waals surface area contributed by atoms with E-state index in [1.807, 2.05) is 12.1 Å². The summed E-state index contributed by atoms with van der Waals surface area (Å²) in [5, 5.41) is 0. The summed E-state index contributed by atoms with van der Waals surface area (Å²) in [7, 11) is 0. The molecular weight excluding hydrogens is 274 g/mol. The third kappa shape index (κ3) is 2.37. The van der Waals surface area contributed by atoms with Crippen molar-refractivity contribution in [1.29, 1.82) is 0 Å². The second-order valence-electron chi connectivity index (χ2n) is 5.64. The van der Waals surface area contributed by atoms with Crippen molar-refractivity contribution in [1.82, 2.24) is 9.97 Å². The maximum absolute atomic E-state index is 5.98. The van der Waals surface area contributed by atoms with Crippen LogP contribution in [0.4, 0.5) is 5.69 Å². The molecule has 0 bridgehead atoms. The van der Waals surface area contributed by atoms with Crippen LogP contribution in [0.2, 0.25) is 0 Å². The van der Waals surface area contributed by atoms with Crippen LogP contribution in [-0.4, -0.2) is 16.5 Å². The molecule has 2 aromatic heterocycles. The van der Waals surface area contributed by atoms with Gasteiger partial charge in [0.05, 0.1) is 17.8 Å². The summed E-state index contributed by atoms with van der Waals surface area (Å²) in [5.74, 6) is 1.64. The van der Waals surface area contributed by atoms with Gasteiger partial charge < -0.3 is 9.32 Å². The smallest absolute Gasteiger partial charge is 0.228 e. The summed E-state index contributed by atoms with van der Waals surface area (Å²) >= 11 is 0. The number of pyridine rings is 1. The number of fused-ring (bicyclic) bond motifs is 1. The minimum atomic E-state index is 0.671. The van der Waals surface area contributed by atoms with E-state index in [9.17, 15) is 0 Å². The molecule has 0 saturated carbocycles. The van der Waals surface area contributed by atoms with Gasteiger partial charge in [0.15, 0.2) is 0 Å². The summed E-state index contributed by atoms with van der Waals surface area (Å²) < 4.78 is 5.98. The molecule has 0 radical (unpaired) electrons. The minimum Gasteiger partial charge on any atom is -0.439 e. The number of hydrogen-bond donors (Lipinski definition) is 0. The maximum atomic E-state index is 5.98. The lowest BCUT2D eigenvalue weighted by molar-refractivity contribution is 0.495. The van der Waals surface area contributed by atoms with E-state index >= 15 is 0 Å². The summed E-state index contributed by atoms with van der Waals surface area (Å²) in [5.41, 5.74) is 4.52. The van der Waals surface area contributed by atoms with Crippen LogP contribution in [0.5, 0.6) is 0 Å². The summed E-state index contributed by atoms with van der Waals surface area (Å²) in [6.07, 6.45) is 4.45. The van der Waals surface area contributed by atoms with Crippen molar-refractivity contribution < 1.29 is 4.42 Å². The van der Waals surface area contributed by atoms with Crippen LogP contribution in [0.25, 0.3) is 11.5 Å². The number of oxazole rings is 1. The van der Waals surface area contributed by atoms with Crippen LogP contribution in [0.1, 0.15) is 17.0 Å². The van der Waals surface area contributed by atoms with E-state index in [4.69, 9.17) is 4.42 Å². The minimum absolute atomic E-state index is 0.671. The predicted octanol–water partition coefficient (Wildman–Crippen LogP) is 3.61. The predicted molar refractivity (Wildman–Crippen MR) is 85.7 cm³/mol. The van der Waals surface area contributed by atoms with Gasteiger partial charge >= 0.3 is 0 Å². The molecule has 0 atom stereocenters. The highest BCUT2D eigenvalue weighted by Crippen LogP contribution is 2.28.